The Morgan fingerprint density at radius 2 is 1.80 bits per heavy atom. The highest BCUT2D eigenvalue weighted by atomic mass is 32.2. The van der Waals surface area contributed by atoms with Gasteiger partial charge in [0.1, 0.15) is 0 Å². The maximum Gasteiger partial charge on any atom is 0.185 e. The van der Waals surface area contributed by atoms with Crippen LogP contribution < -0.4 is 0 Å². The highest BCUT2D eigenvalue weighted by Gasteiger charge is 2.24. The monoisotopic (exact) mass is 220 g/mol. The van der Waals surface area contributed by atoms with Crippen LogP contribution in [-0.2, 0) is 9.84 Å². The van der Waals surface area contributed by atoms with Crippen LogP contribution in [-0.4, -0.2) is 13.7 Å². The van der Waals surface area contributed by atoms with Gasteiger partial charge in [-0.25, -0.2) is 8.42 Å². The molecule has 1 atom stereocenters. The van der Waals surface area contributed by atoms with Gasteiger partial charge < -0.3 is 0 Å². The quantitative estimate of drug-likeness (QED) is 0.766. The van der Waals surface area contributed by atoms with Crippen LogP contribution in [0.2, 0.25) is 0 Å². The van der Waals surface area contributed by atoms with Crippen molar-refractivity contribution in [2.45, 2.75) is 16.6 Å². The van der Waals surface area contributed by atoms with E-state index in [2.05, 4.69) is 0 Å². The molecule has 0 N–H and O–H groups in total. The molecule has 0 saturated carbocycles. The molecule has 2 rings (SSSR count). The number of sulfone groups is 1. The van der Waals surface area contributed by atoms with Gasteiger partial charge in [-0.3, -0.25) is 0 Å². The van der Waals surface area contributed by atoms with Gasteiger partial charge in [-0.15, -0.1) is 0 Å². The molecular formula is C12H12O2S. The zero-order valence-corrected chi connectivity index (χ0v) is 9.02. The van der Waals surface area contributed by atoms with E-state index in [1.54, 1.807) is 36.4 Å². The van der Waals surface area contributed by atoms with Crippen molar-refractivity contribution in [3.8, 4) is 0 Å². The molecule has 0 heterocycles. The van der Waals surface area contributed by atoms with Crippen molar-refractivity contribution in [1.82, 2.24) is 0 Å². The summed E-state index contributed by atoms with van der Waals surface area (Å²) in [5.74, 6) is 0. The highest BCUT2D eigenvalue weighted by molar-refractivity contribution is 7.92. The van der Waals surface area contributed by atoms with E-state index in [1.807, 2.05) is 18.2 Å². The summed E-state index contributed by atoms with van der Waals surface area (Å²) in [6, 6.07) is 8.59. The number of rotatable bonds is 2. The fourth-order valence-corrected chi connectivity index (χ4v) is 3.12. The third-order valence-corrected chi connectivity index (χ3v) is 4.49. The third kappa shape index (κ3) is 2.02. The van der Waals surface area contributed by atoms with Gasteiger partial charge >= 0.3 is 0 Å². The van der Waals surface area contributed by atoms with E-state index in [0.717, 1.165) is 0 Å². The van der Waals surface area contributed by atoms with Gasteiger partial charge in [0.2, 0.25) is 0 Å². The van der Waals surface area contributed by atoms with E-state index in [1.165, 1.54) is 0 Å². The first kappa shape index (κ1) is 10.2. The molecule has 0 unspecified atom stereocenters. The fourth-order valence-electron chi connectivity index (χ4n) is 1.57. The predicted molar refractivity (Wildman–Crippen MR) is 60.3 cm³/mol. The minimum atomic E-state index is -3.20. The molecular weight excluding hydrogens is 208 g/mol. The van der Waals surface area contributed by atoms with Crippen LogP contribution in [0.4, 0.5) is 0 Å². The lowest BCUT2D eigenvalue weighted by Crippen LogP contribution is -2.19. The standard InChI is InChI=1S/C12H12O2S/c13-15(14,11-7-3-1-4-8-11)12-9-5-2-6-10-12/h1-9,12H,10H2/t12-/m0/s1. The number of benzene rings is 1. The summed E-state index contributed by atoms with van der Waals surface area (Å²) in [6.45, 7) is 0. The van der Waals surface area contributed by atoms with Crippen molar-refractivity contribution in [1.29, 1.82) is 0 Å². The largest absolute Gasteiger partial charge is 0.223 e. The Kier molecular flexibility index (Phi) is 2.73. The SMILES string of the molecule is O=S(=O)(c1ccccc1)[C@H]1C=CC=CC1. The molecule has 0 fully saturated rings. The zero-order chi connectivity index (χ0) is 10.7. The highest BCUT2D eigenvalue weighted by Crippen LogP contribution is 2.21. The summed E-state index contributed by atoms with van der Waals surface area (Å²) in [7, 11) is -3.20. The Morgan fingerprint density at radius 3 is 2.40 bits per heavy atom. The van der Waals surface area contributed by atoms with Crippen molar-refractivity contribution >= 4 is 9.84 Å². The Labute approximate surface area is 89.9 Å². The van der Waals surface area contributed by atoms with Crippen LogP contribution in [0.25, 0.3) is 0 Å². The van der Waals surface area contributed by atoms with Gasteiger partial charge in [-0.05, 0) is 18.6 Å². The average molecular weight is 220 g/mol. The number of hydrogen-bond acceptors (Lipinski definition) is 2. The maximum atomic E-state index is 12.1. The van der Waals surface area contributed by atoms with E-state index < -0.39 is 15.1 Å². The van der Waals surface area contributed by atoms with Crippen LogP contribution >= 0.6 is 0 Å². The van der Waals surface area contributed by atoms with Gasteiger partial charge in [0.25, 0.3) is 0 Å². The van der Waals surface area contributed by atoms with Crippen LogP contribution in [0.1, 0.15) is 6.42 Å². The predicted octanol–water partition coefficient (Wildman–Crippen LogP) is 2.35. The smallest absolute Gasteiger partial charge is 0.185 e. The first-order valence-electron chi connectivity index (χ1n) is 4.83. The Bertz CT molecular complexity index is 484. The molecule has 78 valence electrons. The summed E-state index contributed by atoms with van der Waals surface area (Å²) in [6.07, 6.45) is 7.84. The maximum absolute atomic E-state index is 12.1. The lowest BCUT2D eigenvalue weighted by Gasteiger charge is -2.13. The number of allylic oxidation sites excluding steroid dienone is 3. The Hall–Kier alpha value is -1.35. The molecule has 1 aliphatic carbocycles. The normalized spacial score (nSPS) is 20.4. The van der Waals surface area contributed by atoms with E-state index in [0.29, 0.717) is 11.3 Å². The zero-order valence-electron chi connectivity index (χ0n) is 8.21. The lowest BCUT2D eigenvalue weighted by atomic mass is 10.2. The molecule has 3 heteroatoms. The van der Waals surface area contributed by atoms with E-state index >= 15 is 0 Å². The average Bonchev–Trinajstić information content (AvgIpc) is 2.31. The minimum absolute atomic E-state index is 0.398. The molecule has 15 heavy (non-hydrogen) atoms. The van der Waals surface area contributed by atoms with Crippen LogP contribution in [0.3, 0.4) is 0 Å². The molecule has 2 nitrogen and oxygen atoms in total. The van der Waals surface area contributed by atoms with Gasteiger partial charge in [-0.1, -0.05) is 42.5 Å². The molecule has 0 saturated heterocycles. The molecule has 0 aromatic heterocycles. The lowest BCUT2D eigenvalue weighted by molar-refractivity contribution is 0.588. The third-order valence-electron chi connectivity index (χ3n) is 2.41. The van der Waals surface area contributed by atoms with Gasteiger partial charge in [-0.2, -0.15) is 0 Å². The van der Waals surface area contributed by atoms with Crippen LogP contribution in [0.5, 0.6) is 0 Å². The molecule has 1 aromatic rings. The fraction of sp³-hybridized carbons (Fsp3) is 0.167. The first-order valence-corrected chi connectivity index (χ1v) is 6.38. The summed E-state index contributed by atoms with van der Waals surface area (Å²) in [5.41, 5.74) is 0. The van der Waals surface area contributed by atoms with Crippen molar-refractivity contribution in [2.75, 3.05) is 0 Å². The minimum Gasteiger partial charge on any atom is -0.223 e. The topological polar surface area (TPSA) is 34.1 Å². The van der Waals surface area contributed by atoms with Gasteiger partial charge in [0.05, 0.1) is 10.1 Å². The first-order chi connectivity index (χ1) is 7.21. The Morgan fingerprint density at radius 1 is 1.07 bits per heavy atom. The Balaban J connectivity index is 2.36. The number of hydrogen-bond donors (Lipinski definition) is 0. The second kappa shape index (κ2) is 4.03. The van der Waals surface area contributed by atoms with Crippen molar-refractivity contribution < 1.29 is 8.42 Å². The van der Waals surface area contributed by atoms with E-state index in [9.17, 15) is 8.42 Å². The molecule has 0 radical (unpaired) electrons. The molecule has 0 aliphatic heterocycles. The van der Waals surface area contributed by atoms with Crippen molar-refractivity contribution in [3.05, 3.63) is 54.6 Å². The second-order valence-electron chi connectivity index (χ2n) is 3.45. The second-order valence-corrected chi connectivity index (χ2v) is 5.61. The molecule has 0 bridgehead atoms. The van der Waals surface area contributed by atoms with Crippen molar-refractivity contribution in [2.24, 2.45) is 0 Å². The summed E-state index contributed by atoms with van der Waals surface area (Å²) >= 11 is 0. The van der Waals surface area contributed by atoms with Crippen LogP contribution in [0, 0.1) is 0 Å². The molecule has 1 aromatic carbocycles. The van der Waals surface area contributed by atoms with E-state index in [4.69, 9.17) is 0 Å². The van der Waals surface area contributed by atoms with Gasteiger partial charge in [0.15, 0.2) is 9.84 Å². The molecule has 0 amide bonds. The van der Waals surface area contributed by atoms with Crippen molar-refractivity contribution in [3.63, 3.8) is 0 Å². The molecule has 1 aliphatic rings. The van der Waals surface area contributed by atoms with Gasteiger partial charge in [0, 0.05) is 0 Å². The summed E-state index contributed by atoms with van der Waals surface area (Å²) in [4.78, 5) is 0.398. The van der Waals surface area contributed by atoms with Crippen LogP contribution in [0.15, 0.2) is 59.5 Å². The summed E-state index contributed by atoms with van der Waals surface area (Å²) in [5, 5.41) is -0.412. The molecule has 0 spiro atoms. The van der Waals surface area contributed by atoms with E-state index in [-0.39, 0.29) is 0 Å². The summed E-state index contributed by atoms with van der Waals surface area (Å²) < 4.78 is 24.2.